The van der Waals surface area contributed by atoms with E-state index in [4.69, 9.17) is 4.98 Å². The zero-order valence-electron chi connectivity index (χ0n) is 16.3. The van der Waals surface area contributed by atoms with Crippen LogP contribution >= 0.6 is 0 Å². The number of unbranched alkanes of at least 4 members (excludes halogenated alkanes) is 1. The lowest BCUT2D eigenvalue weighted by Crippen LogP contribution is -2.41. The number of nitrogens with one attached hydrogen (secondary N) is 1. The van der Waals surface area contributed by atoms with Crippen LogP contribution in [0.4, 0.5) is 5.82 Å². The van der Waals surface area contributed by atoms with E-state index in [-0.39, 0.29) is 11.8 Å². The van der Waals surface area contributed by atoms with Crippen molar-refractivity contribution in [3.05, 3.63) is 12.2 Å². The Bertz CT molecular complexity index is 793. The molecule has 1 fully saturated rings. The van der Waals surface area contributed by atoms with Gasteiger partial charge in [0.15, 0.2) is 17.0 Å². The summed E-state index contributed by atoms with van der Waals surface area (Å²) in [7, 11) is 0. The Balaban J connectivity index is 1.47. The Hall–Kier alpha value is -2.18. The molecule has 2 aromatic rings. The predicted molar refractivity (Wildman–Crippen MR) is 106 cm³/mol. The fraction of sp³-hybridized carbons (Fsp3) is 0.700. The molecular formula is C20H30N6O. The third kappa shape index (κ3) is 3.77. The molecule has 0 spiro atoms. The molecule has 1 saturated heterocycles. The van der Waals surface area contributed by atoms with Crippen LogP contribution in [0.25, 0.3) is 11.2 Å². The highest BCUT2D eigenvalue weighted by atomic mass is 16.1. The Morgan fingerprint density at radius 2 is 2.04 bits per heavy atom. The summed E-state index contributed by atoms with van der Waals surface area (Å²) in [5, 5.41) is 3.08. The molecular weight excluding hydrogens is 340 g/mol. The average Bonchev–Trinajstić information content (AvgIpc) is 2.89. The molecule has 146 valence electrons. The van der Waals surface area contributed by atoms with E-state index in [0.717, 1.165) is 81.1 Å². The fourth-order valence-corrected chi connectivity index (χ4v) is 4.24. The first-order valence-corrected chi connectivity index (χ1v) is 10.5. The van der Waals surface area contributed by atoms with Gasteiger partial charge in [0.2, 0.25) is 5.91 Å². The maximum absolute atomic E-state index is 12.3. The van der Waals surface area contributed by atoms with Crippen LogP contribution in [0.15, 0.2) is 6.33 Å². The quantitative estimate of drug-likeness (QED) is 0.819. The van der Waals surface area contributed by atoms with Crippen molar-refractivity contribution in [1.82, 2.24) is 24.8 Å². The number of nitrogens with zero attached hydrogens (tertiary/aromatic N) is 5. The summed E-state index contributed by atoms with van der Waals surface area (Å²) < 4.78 is 2.28. The van der Waals surface area contributed by atoms with Crippen LogP contribution in [0.5, 0.6) is 0 Å². The van der Waals surface area contributed by atoms with E-state index in [0.29, 0.717) is 0 Å². The molecule has 0 aromatic carbocycles. The van der Waals surface area contributed by atoms with E-state index < -0.39 is 0 Å². The van der Waals surface area contributed by atoms with Gasteiger partial charge in [0.05, 0.1) is 0 Å². The molecule has 7 heteroatoms. The largest absolute Gasteiger partial charge is 0.356 e. The van der Waals surface area contributed by atoms with Crippen LogP contribution < -0.4 is 10.2 Å². The highest BCUT2D eigenvalue weighted by molar-refractivity contribution is 5.84. The highest BCUT2D eigenvalue weighted by Gasteiger charge is 2.27. The second-order valence-corrected chi connectivity index (χ2v) is 7.77. The van der Waals surface area contributed by atoms with E-state index >= 15 is 0 Å². The first kappa shape index (κ1) is 18.2. The topological polar surface area (TPSA) is 75.9 Å². The van der Waals surface area contributed by atoms with Gasteiger partial charge in [0.1, 0.15) is 12.2 Å². The number of fused-ring (bicyclic) bond motifs is 3. The van der Waals surface area contributed by atoms with Gasteiger partial charge < -0.3 is 14.8 Å². The van der Waals surface area contributed by atoms with Crippen LogP contribution in [0.2, 0.25) is 0 Å². The van der Waals surface area contributed by atoms with Crippen LogP contribution in [-0.2, 0) is 17.8 Å². The number of amides is 1. The third-order valence-electron chi connectivity index (χ3n) is 5.87. The van der Waals surface area contributed by atoms with Gasteiger partial charge in [-0.05, 0) is 32.1 Å². The van der Waals surface area contributed by atoms with E-state index in [9.17, 15) is 4.79 Å². The van der Waals surface area contributed by atoms with Crippen LogP contribution in [0, 0.1) is 5.92 Å². The van der Waals surface area contributed by atoms with E-state index in [1.54, 1.807) is 6.33 Å². The van der Waals surface area contributed by atoms with Gasteiger partial charge in [-0.2, -0.15) is 0 Å². The highest BCUT2D eigenvalue weighted by Crippen LogP contribution is 2.29. The zero-order chi connectivity index (χ0) is 18.6. The van der Waals surface area contributed by atoms with Crippen molar-refractivity contribution in [2.24, 2.45) is 5.92 Å². The second kappa shape index (κ2) is 8.23. The van der Waals surface area contributed by atoms with Crippen LogP contribution in [-0.4, -0.2) is 45.1 Å². The number of piperidine rings is 1. The van der Waals surface area contributed by atoms with E-state index in [1.165, 1.54) is 19.3 Å². The minimum absolute atomic E-state index is 0.120. The summed E-state index contributed by atoms with van der Waals surface area (Å²) in [4.78, 5) is 28.6. The molecule has 0 unspecified atom stereocenters. The molecule has 2 aromatic heterocycles. The molecule has 0 atom stereocenters. The average molecular weight is 371 g/mol. The summed E-state index contributed by atoms with van der Waals surface area (Å²) in [6.45, 7) is 5.63. The van der Waals surface area contributed by atoms with Crippen molar-refractivity contribution < 1.29 is 4.79 Å². The van der Waals surface area contributed by atoms with Crippen LogP contribution in [0.1, 0.15) is 57.7 Å². The van der Waals surface area contributed by atoms with Crippen molar-refractivity contribution >= 4 is 22.9 Å². The van der Waals surface area contributed by atoms with Gasteiger partial charge in [0, 0.05) is 38.5 Å². The lowest BCUT2D eigenvalue weighted by atomic mass is 9.96. The Morgan fingerprint density at radius 1 is 1.19 bits per heavy atom. The molecule has 1 amide bonds. The Labute approximate surface area is 160 Å². The number of aromatic nitrogens is 4. The van der Waals surface area contributed by atoms with Gasteiger partial charge in [0.25, 0.3) is 0 Å². The van der Waals surface area contributed by atoms with Crippen molar-refractivity contribution in [3.8, 4) is 0 Å². The fourth-order valence-electron chi connectivity index (χ4n) is 4.24. The number of carbonyl (C=O) groups excluding carboxylic acids is 1. The molecule has 7 nitrogen and oxygen atoms in total. The van der Waals surface area contributed by atoms with Gasteiger partial charge >= 0.3 is 0 Å². The number of rotatable bonds is 5. The van der Waals surface area contributed by atoms with Crippen molar-refractivity contribution in [2.45, 2.75) is 64.8 Å². The SMILES string of the molecule is CCCCNC(=O)C1CCN(c2ncnc3c2nc2n3CCCCC2)CC1. The smallest absolute Gasteiger partial charge is 0.223 e. The molecule has 4 rings (SSSR count). The predicted octanol–water partition coefficient (Wildman–Crippen LogP) is 2.69. The van der Waals surface area contributed by atoms with Crippen molar-refractivity contribution in [2.75, 3.05) is 24.5 Å². The van der Waals surface area contributed by atoms with Gasteiger partial charge in [-0.3, -0.25) is 4.79 Å². The summed E-state index contributed by atoms with van der Waals surface area (Å²) in [5.74, 6) is 2.42. The molecule has 4 heterocycles. The molecule has 27 heavy (non-hydrogen) atoms. The minimum Gasteiger partial charge on any atom is -0.356 e. The lowest BCUT2D eigenvalue weighted by molar-refractivity contribution is -0.125. The minimum atomic E-state index is 0.120. The maximum atomic E-state index is 12.3. The lowest BCUT2D eigenvalue weighted by Gasteiger charge is -2.32. The summed E-state index contributed by atoms with van der Waals surface area (Å²) in [5.41, 5.74) is 1.90. The summed E-state index contributed by atoms with van der Waals surface area (Å²) in [6.07, 6.45) is 10.2. The molecule has 2 aliphatic rings. The number of hydrogen-bond acceptors (Lipinski definition) is 5. The number of aryl methyl sites for hydroxylation is 2. The number of hydrogen-bond donors (Lipinski definition) is 1. The van der Waals surface area contributed by atoms with Crippen molar-refractivity contribution in [3.63, 3.8) is 0 Å². The van der Waals surface area contributed by atoms with E-state index in [2.05, 4.69) is 31.7 Å². The maximum Gasteiger partial charge on any atom is 0.223 e. The molecule has 0 saturated carbocycles. The normalized spacial score (nSPS) is 18.3. The Morgan fingerprint density at radius 3 is 2.85 bits per heavy atom. The number of anilines is 1. The summed E-state index contributed by atoms with van der Waals surface area (Å²) >= 11 is 0. The molecule has 2 aliphatic heterocycles. The number of carbonyl (C=O) groups is 1. The Kier molecular flexibility index (Phi) is 5.55. The van der Waals surface area contributed by atoms with Crippen LogP contribution in [0.3, 0.4) is 0 Å². The third-order valence-corrected chi connectivity index (χ3v) is 5.87. The van der Waals surface area contributed by atoms with Gasteiger partial charge in [-0.25, -0.2) is 15.0 Å². The standard InChI is InChI=1S/C20H30N6O/c1-2-3-10-21-20(27)15-8-12-25(13-9-15)18-17-19(23-14-22-18)26-11-6-4-5-7-16(26)24-17/h14-15H,2-13H2,1H3,(H,21,27). The molecule has 0 bridgehead atoms. The first-order chi connectivity index (χ1) is 13.3. The first-order valence-electron chi connectivity index (χ1n) is 10.5. The molecule has 0 radical (unpaired) electrons. The summed E-state index contributed by atoms with van der Waals surface area (Å²) in [6, 6.07) is 0. The monoisotopic (exact) mass is 370 g/mol. The zero-order valence-corrected chi connectivity index (χ0v) is 16.3. The van der Waals surface area contributed by atoms with Gasteiger partial charge in [-0.1, -0.05) is 19.8 Å². The molecule has 0 aliphatic carbocycles. The molecule has 1 N–H and O–H groups in total. The van der Waals surface area contributed by atoms with Crippen molar-refractivity contribution in [1.29, 1.82) is 0 Å². The van der Waals surface area contributed by atoms with Gasteiger partial charge in [-0.15, -0.1) is 0 Å². The van der Waals surface area contributed by atoms with E-state index in [1.807, 2.05) is 0 Å². The number of imidazole rings is 1. The second-order valence-electron chi connectivity index (χ2n) is 7.77.